The van der Waals surface area contributed by atoms with Gasteiger partial charge in [-0.2, -0.15) is 0 Å². The molecule has 0 N–H and O–H groups in total. The van der Waals surface area contributed by atoms with Crippen molar-refractivity contribution in [3.8, 4) is 22.3 Å². The van der Waals surface area contributed by atoms with Crippen LogP contribution in [0.15, 0.2) is 60.7 Å². The van der Waals surface area contributed by atoms with Gasteiger partial charge < -0.3 is 0 Å². The molecule has 0 spiro atoms. The van der Waals surface area contributed by atoms with Crippen LogP contribution >= 0.6 is 27.7 Å². The molecule has 0 aliphatic rings. The smallest absolute Gasteiger partial charge is 0.0128 e. The van der Waals surface area contributed by atoms with E-state index in [9.17, 15) is 0 Å². The maximum absolute atomic E-state index is 2.83. The molecule has 3 aromatic carbocycles. The Morgan fingerprint density at radius 3 is 1.84 bits per heavy atom. The zero-order valence-corrected chi connectivity index (χ0v) is 18.1. The summed E-state index contributed by atoms with van der Waals surface area (Å²) in [6.45, 7) is 2.20. The van der Waals surface area contributed by atoms with E-state index in [-0.39, 0.29) is 0 Å². The molecule has 0 fully saturated rings. The molecular weight excluding hydrogens is 357 g/mol. The summed E-state index contributed by atoms with van der Waals surface area (Å²) in [4.78, 5) is 0. The summed E-state index contributed by atoms with van der Waals surface area (Å²) in [7, 11) is 8.46. The van der Waals surface area contributed by atoms with Crippen LogP contribution in [0.2, 0.25) is 0 Å². The molecule has 0 heterocycles. The normalized spacial score (nSPS) is 10.9. The maximum Gasteiger partial charge on any atom is -0.0128 e. The Hall–Kier alpha value is -1.05. The van der Waals surface area contributed by atoms with Crippen molar-refractivity contribution in [2.24, 2.45) is 0 Å². The molecular formula is C22H25P3. The van der Waals surface area contributed by atoms with Gasteiger partial charge in [0, 0.05) is 0 Å². The number of hydrogen-bond acceptors (Lipinski definition) is 0. The van der Waals surface area contributed by atoms with Crippen LogP contribution < -0.4 is 0 Å². The molecule has 3 aromatic rings. The van der Waals surface area contributed by atoms with E-state index in [0.29, 0.717) is 0 Å². The molecule has 0 nitrogen and oxygen atoms in total. The maximum atomic E-state index is 2.83. The Balaban J connectivity index is 2.05. The standard InChI is InChI=1S/C22H25P3/c1-15-7-16(12-23)5-6-22(15)20-4-2-3-19(11-20)21-9-17(13-24)8-18(10-21)14-25/h2-11H,12-14,23-25H2,1H3. The lowest BCUT2D eigenvalue weighted by molar-refractivity contribution is 1.33. The minimum Gasteiger partial charge on any atom is -0.133 e. The fraction of sp³-hybridized carbons (Fsp3) is 0.182. The fourth-order valence-corrected chi connectivity index (χ4v) is 3.93. The average Bonchev–Trinajstić information content (AvgIpc) is 2.67. The molecule has 3 atom stereocenters. The van der Waals surface area contributed by atoms with Gasteiger partial charge >= 0.3 is 0 Å². The highest BCUT2D eigenvalue weighted by Gasteiger charge is 2.07. The molecule has 25 heavy (non-hydrogen) atoms. The largest absolute Gasteiger partial charge is 0.133 e. The average molecular weight is 382 g/mol. The fourth-order valence-electron chi connectivity index (χ4n) is 3.21. The minimum absolute atomic E-state index is 0.987. The SMILES string of the molecule is Cc1cc(CP)ccc1-c1cccc(-c2cc(CP)cc(CP)c2)c1. The molecule has 128 valence electrons. The zero-order valence-electron chi connectivity index (χ0n) is 14.6. The summed E-state index contributed by atoms with van der Waals surface area (Å²) < 4.78 is 0. The lowest BCUT2D eigenvalue weighted by Gasteiger charge is -2.12. The molecule has 3 heteroatoms. The third-order valence-corrected chi connectivity index (χ3v) is 5.97. The van der Waals surface area contributed by atoms with E-state index in [1.807, 2.05) is 0 Å². The number of rotatable bonds is 5. The van der Waals surface area contributed by atoms with Crippen LogP contribution in [0.1, 0.15) is 22.3 Å². The van der Waals surface area contributed by atoms with Crippen LogP contribution in [0.3, 0.4) is 0 Å². The predicted octanol–water partition coefficient (Wildman–Crippen LogP) is 6.45. The Morgan fingerprint density at radius 1 is 0.600 bits per heavy atom. The molecule has 0 amide bonds. The third-order valence-electron chi connectivity index (χ3n) is 4.56. The third kappa shape index (κ3) is 4.38. The first-order valence-corrected chi connectivity index (χ1v) is 11.0. The topological polar surface area (TPSA) is 0 Å². The Labute approximate surface area is 158 Å². The Morgan fingerprint density at radius 2 is 1.24 bits per heavy atom. The van der Waals surface area contributed by atoms with E-state index in [0.717, 1.165) is 18.5 Å². The Kier molecular flexibility index (Phi) is 6.41. The van der Waals surface area contributed by atoms with Crippen molar-refractivity contribution in [2.45, 2.75) is 25.4 Å². The molecule has 0 aliphatic heterocycles. The zero-order chi connectivity index (χ0) is 17.8. The van der Waals surface area contributed by atoms with E-state index in [2.05, 4.69) is 95.3 Å². The van der Waals surface area contributed by atoms with Gasteiger partial charge in [-0.15, -0.1) is 27.7 Å². The van der Waals surface area contributed by atoms with Crippen molar-refractivity contribution < 1.29 is 0 Å². The van der Waals surface area contributed by atoms with Crippen LogP contribution in [0.5, 0.6) is 0 Å². The van der Waals surface area contributed by atoms with Crippen LogP contribution in [-0.2, 0) is 18.5 Å². The summed E-state index contributed by atoms with van der Waals surface area (Å²) in [5.74, 6) is 0. The van der Waals surface area contributed by atoms with Crippen molar-refractivity contribution >= 4 is 27.7 Å². The van der Waals surface area contributed by atoms with Gasteiger partial charge in [0.15, 0.2) is 0 Å². The van der Waals surface area contributed by atoms with E-state index >= 15 is 0 Å². The number of aryl methyl sites for hydroxylation is 1. The van der Waals surface area contributed by atoms with Gasteiger partial charge in [0.25, 0.3) is 0 Å². The summed E-state index contributed by atoms with van der Waals surface area (Å²) in [6.07, 6.45) is 2.97. The lowest BCUT2D eigenvalue weighted by atomic mass is 9.94. The summed E-state index contributed by atoms with van der Waals surface area (Å²) in [5, 5.41) is 0. The van der Waals surface area contributed by atoms with Crippen LogP contribution in [-0.4, -0.2) is 0 Å². The van der Waals surface area contributed by atoms with E-state index in [4.69, 9.17) is 0 Å². The van der Waals surface area contributed by atoms with E-state index < -0.39 is 0 Å². The van der Waals surface area contributed by atoms with Gasteiger partial charge in [-0.05, 0) is 76.0 Å². The summed E-state index contributed by atoms with van der Waals surface area (Å²) in [5.41, 5.74) is 10.6. The highest BCUT2D eigenvalue weighted by molar-refractivity contribution is 7.15. The van der Waals surface area contributed by atoms with Crippen molar-refractivity contribution in [3.63, 3.8) is 0 Å². The van der Waals surface area contributed by atoms with E-state index in [1.54, 1.807) is 0 Å². The van der Waals surface area contributed by atoms with Crippen LogP contribution in [0, 0.1) is 6.92 Å². The Bertz CT molecular complexity index is 862. The van der Waals surface area contributed by atoms with Gasteiger partial charge in [-0.1, -0.05) is 54.6 Å². The summed E-state index contributed by atoms with van der Waals surface area (Å²) >= 11 is 0. The first kappa shape index (κ1) is 18.7. The van der Waals surface area contributed by atoms with Crippen molar-refractivity contribution in [3.05, 3.63) is 82.9 Å². The van der Waals surface area contributed by atoms with Crippen LogP contribution in [0.25, 0.3) is 22.3 Å². The highest BCUT2D eigenvalue weighted by atomic mass is 31.0. The quantitative estimate of drug-likeness (QED) is 0.445. The van der Waals surface area contributed by atoms with Gasteiger partial charge in [0.05, 0.1) is 0 Å². The molecule has 0 radical (unpaired) electrons. The van der Waals surface area contributed by atoms with Crippen molar-refractivity contribution in [1.29, 1.82) is 0 Å². The number of benzene rings is 3. The first-order valence-electron chi connectivity index (χ1n) is 8.58. The summed E-state index contributed by atoms with van der Waals surface area (Å²) in [6, 6.07) is 22.6. The second-order valence-corrected chi connectivity index (χ2v) is 7.61. The van der Waals surface area contributed by atoms with Crippen molar-refractivity contribution in [1.82, 2.24) is 0 Å². The molecule has 0 saturated carbocycles. The van der Waals surface area contributed by atoms with Crippen LogP contribution in [0.4, 0.5) is 0 Å². The minimum atomic E-state index is 0.987. The van der Waals surface area contributed by atoms with Gasteiger partial charge in [0.1, 0.15) is 0 Å². The number of hydrogen-bond donors (Lipinski definition) is 0. The van der Waals surface area contributed by atoms with Gasteiger partial charge in [-0.25, -0.2) is 0 Å². The highest BCUT2D eigenvalue weighted by Crippen LogP contribution is 2.31. The molecule has 0 aromatic heterocycles. The second kappa shape index (κ2) is 8.56. The molecule has 3 unspecified atom stereocenters. The lowest BCUT2D eigenvalue weighted by Crippen LogP contribution is -1.89. The second-order valence-electron chi connectivity index (χ2n) is 6.38. The van der Waals surface area contributed by atoms with E-state index in [1.165, 1.54) is 44.5 Å². The molecule has 0 saturated heterocycles. The monoisotopic (exact) mass is 382 g/mol. The predicted molar refractivity (Wildman–Crippen MR) is 122 cm³/mol. The van der Waals surface area contributed by atoms with Gasteiger partial charge in [-0.3, -0.25) is 0 Å². The first-order chi connectivity index (χ1) is 12.1. The molecule has 0 aliphatic carbocycles. The van der Waals surface area contributed by atoms with Gasteiger partial charge in [0.2, 0.25) is 0 Å². The molecule has 0 bridgehead atoms. The van der Waals surface area contributed by atoms with Crippen molar-refractivity contribution in [2.75, 3.05) is 0 Å². The molecule has 3 rings (SSSR count).